The fourth-order valence-corrected chi connectivity index (χ4v) is 3.76. The molecule has 0 amide bonds. The van der Waals surface area contributed by atoms with E-state index in [1.165, 1.54) is 0 Å². The summed E-state index contributed by atoms with van der Waals surface area (Å²) in [5, 5.41) is 8.30. The van der Waals surface area contributed by atoms with E-state index in [4.69, 9.17) is 5.11 Å². The van der Waals surface area contributed by atoms with Crippen molar-refractivity contribution < 1.29 is 14.6 Å². The minimum absolute atomic E-state index is 0.457. The van der Waals surface area contributed by atoms with Crippen LogP contribution < -0.4 is 0 Å². The van der Waals surface area contributed by atoms with Gasteiger partial charge >= 0.3 is 6.16 Å². The lowest BCUT2D eigenvalue weighted by Gasteiger charge is -2.19. The highest BCUT2D eigenvalue weighted by molar-refractivity contribution is 8.77. The van der Waals surface area contributed by atoms with Gasteiger partial charge in [-0.25, -0.2) is 4.79 Å². The van der Waals surface area contributed by atoms with Crippen LogP contribution in [0.4, 0.5) is 4.79 Å². The van der Waals surface area contributed by atoms with Crippen LogP contribution in [0.1, 0.15) is 6.92 Å². The van der Waals surface area contributed by atoms with Crippen molar-refractivity contribution >= 4 is 27.7 Å². The second-order valence-corrected chi connectivity index (χ2v) is 4.81. The fourth-order valence-electron chi connectivity index (χ4n) is 0.644. The number of hydrogen-bond acceptors (Lipinski definition) is 4. The van der Waals surface area contributed by atoms with Crippen LogP contribution in [0.2, 0.25) is 0 Å². The Morgan fingerprint density at radius 2 is 2.10 bits per heavy atom. The number of hydrogen-bond donors (Lipinski definition) is 1. The average Bonchev–Trinajstić information content (AvgIpc) is 2.12. The molecule has 0 saturated carbocycles. The van der Waals surface area contributed by atoms with Gasteiger partial charge in [-0.2, -0.15) is 0 Å². The Kier molecular flexibility index (Phi) is 2.36. The van der Waals surface area contributed by atoms with Crippen LogP contribution in [0, 0.1) is 0 Å². The normalized spacial score (nSPS) is 22.5. The molecule has 10 heavy (non-hydrogen) atoms. The Morgan fingerprint density at radius 3 is 2.50 bits per heavy atom. The molecule has 1 aliphatic heterocycles. The minimum atomic E-state index is -1.18. The fraction of sp³-hybridized carbons (Fsp3) is 0.800. The number of rotatable bonds is 1. The molecule has 0 aliphatic carbocycles. The molecule has 0 spiro atoms. The van der Waals surface area contributed by atoms with E-state index in [0.717, 1.165) is 11.5 Å². The quantitative estimate of drug-likeness (QED) is 0.492. The van der Waals surface area contributed by atoms with Gasteiger partial charge in [0.05, 0.1) is 0 Å². The Hall–Kier alpha value is -0.0300. The van der Waals surface area contributed by atoms with Crippen molar-refractivity contribution in [1.82, 2.24) is 0 Å². The lowest BCUT2D eigenvalue weighted by molar-refractivity contribution is 0.0214. The highest BCUT2D eigenvalue weighted by Crippen LogP contribution is 2.39. The van der Waals surface area contributed by atoms with Gasteiger partial charge in [-0.05, 0) is 6.92 Å². The summed E-state index contributed by atoms with van der Waals surface area (Å²) >= 11 is 0. The zero-order chi connectivity index (χ0) is 7.61. The highest BCUT2D eigenvalue weighted by atomic mass is 33.1. The molecule has 58 valence electrons. The molecule has 0 atom stereocenters. The van der Waals surface area contributed by atoms with E-state index in [-0.39, 0.29) is 0 Å². The standard InChI is InChI=1S/C5H8O3S2/c1-5(8-4(6)7)2-9-10-3-5/h2-3H2,1H3,(H,6,7). The van der Waals surface area contributed by atoms with Crippen LogP contribution in [-0.4, -0.2) is 28.4 Å². The third-order valence-electron chi connectivity index (χ3n) is 1.15. The first-order valence-corrected chi connectivity index (χ1v) is 5.28. The predicted octanol–water partition coefficient (Wildman–Crippen LogP) is 1.83. The van der Waals surface area contributed by atoms with Crippen molar-refractivity contribution in [3.8, 4) is 0 Å². The summed E-state index contributed by atoms with van der Waals surface area (Å²) in [5.74, 6) is 1.51. The first-order chi connectivity index (χ1) is 4.62. The summed E-state index contributed by atoms with van der Waals surface area (Å²) in [4.78, 5) is 10.1. The highest BCUT2D eigenvalue weighted by Gasteiger charge is 2.33. The van der Waals surface area contributed by atoms with E-state index < -0.39 is 11.8 Å². The van der Waals surface area contributed by atoms with Gasteiger partial charge in [-0.1, -0.05) is 21.6 Å². The van der Waals surface area contributed by atoms with Crippen LogP contribution in [0.25, 0.3) is 0 Å². The van der Waals surface area contributed by atoms with Gasteiger partial charge in [0.25, 0.3) is 0 Å². The summed E-state index contributed by atoms with van der Waals surface area (Å²) in [7, 11) is 3.30. The first kappa shape index (κ1) is 8.07. The van der Waals surface area contributed by atoms with Crippen molar-refractivity contribution in [2.75, 3.05) is 11.5 Å². The molecule has 0 bridgehead atoms. The maximum atomic E-state index is 10.1. The Balaban J connectivity index is 2.43. The van der Waals surface area contributed by atoms with E-state index in [0.29, 0.717) is 0 Å². The zero-order valence-corrected chi connectivity index (χ0v) is 7.13. The maximum absolute atomic E-state index is 10.1. The molecular weight excluding hydrogens is 172 g/mol. The van der Waals surface area contributed by atoms with Gasteiger partial charge < -0.3 is 9.84 Å². The Bertz CT molecular complexity index is 142. The monoisotopic (exact) mass is 180 g/mol. The lowest BCUT2D eigenvalue weighted by Crippen LogP contribution is -2.33. The minimum Gasteiger partial charge on any atom is -0.450 e. The van der Waals surface area contributed by atoms with Gasteiger partial charge in [0, 0.05) is 11.5 Å². The summed E-state index contributed by atoms with van der Waals surface area (Å²) in [5.41, 5.74) is -0.457. The van der Waals surface area contributed by atoms with Crippen molar-refractivity contribution in [3.63, 3.8) is 0 Å². The summed E-state index contributed by atoms with van der Waals surface area (Å²) in [6, 6.07) is 0. The van der Waals surface area contributed by atoms with Crippen LogP contribution in [0.5, 0.6) is 0 Å². The zero-order valence-electron chi connectivity index (χ0n) is 5.49. The third-order valence-corrected chi connectivity index (χ3v) is 3.98. The van der Waals surface area contributed by atoms with Crippen molar-refractivity contribution in [2.24, 2.45) is 0 Å². The molecule has 3 nitrogen and oxygen atoms in total. The molecule has 5 heteroatoms. The van der Waals surface area contributed by atoms with Crippen molar-refractivity contribution in [3.05, 3.63) is 0 Å². The summed E-state index contributed by atoms with van der Waals surface area (Å²) in [6.07, 6.45) is -1.18. The van der Waals surface area contributed by atoms with Crippen LogP contribution in [-0.2, 0) is 4.74 Å². The second-order valence-electron chi connectivity index (χ2n) is 2.34. The van der Waals surface area contributed by atoms with E-state index in [2.05, 4.69) is 4.74 Å². The van der Waals surface area contributed by atoms with E-state index in [1.807, 2.05) is 6.92 Å². The van der Waals surface area contributed by atoms with Gasteiger partial charge in [0.1, 0.15) is 5.60 Å². The SMILES string of the molecule is CC1(OC(=O)O)CSSC1. The molecule has 1 heterocycles. The smallest absolute Gasteiger partial charge is 0.450 e. The number of carboxylic acid groups (broad SMARTS) is 1. The Morgan fingerprint density at radius 1 is 1.60 bits per heavy atom. The summed E-state index contributed by atoms with van der Waals surface area (Å²) in [6.45, 7) is 1.81. The molecule has 1 rings (SSSR count). The molecule has 0 aromatic heterocycles. The van der Waals surface area contributed by atoms with Gasteiger partial charge in [0.2, 0.25) is 0 Å². The second kappa shape index (κ2) is 2.92. The predicted molar refractivity (Wildman–Crippen MR) is 42.4 cm³/mol. The lowest BCUT2D eigenvalue weighted by atomic mass is 10.2. The third kappa shape index (κ3) is 1.98. The van der Waals surface area contributed by atoms with Gasteiger partial charge in [0.15, 0.2) is 0 Å². The van der Waals surface area contributed by atoms with E-state index in [9.17, 15) is 4.79 Å². The van der Waals surface area contributed by atoms with Gasteiger partial charge in [-0.15, -0.1) is 0 Å². The maximum Gasteiger partial charge on any atom is 0.506 e. The van der Waals surface area contributed by atoms with Crippen molar-refractivity contribution in [1.29, 1.82) is 0 Å². The van der Waals surface area contributed by atoms with Crippen LogP contribution in [0.3, 0.4) is 0 Å². The number of ether oxygens (including phenoxy) is 1. The largest absolute Gasteiger partial charge is 0.506 e. The molecule has 0 aromatic carbocycles. The Labute approximate surface area is 66.9 Å². The molecule has 0 aromatic rings. The molecular formula is C5H8O3S2. The molecule has 1 aliphatic rings. The van der Waals surface area contributed by atoms with Crippen LogP contribution >= 0.6 is 21.6 Å². The number of carbonyl (C=O) groups is 1. The van der Waals surface area contributed by atoms with Crippen LogP contribution in [0.15, 0.2) is 0 Å². The van der Waals surface area contributed by atoms with Crippen molar-refractivity contribution in [2.45, 2.75) is 12.5 Å². The molecule has 1 N–H and O–H groups in total. The van der Waals surface area contributed by atoms with E-state index >= 15 is 0 Å². The van der Waals surface area contributed by atoms with Gasteiger partial charge in [-0.3, -0.25) is 0 Å². The average molecular weight is 180 g/mol. The summed E-state index contributed by atoms with van der Waals surface area (Å²) < 4.78 is 4.67. The molecule has 1 fully saturated rings. The van der Waals surface area contributed by atoms with E-state index in [1.54, 1.807) is 21.6 Å². The first-order valence-electron chi connectivity index (χ1n) is 2.79. The topological polar surface area (TPSA) is 46.5 Å². The molecule has 1 saturated heterocycles. The molecule has 0 unspecified atom stereocenters. The molecule has 0 radical (unpaired) electrons.